The van der Waals surface area contributed by atoms with Crippen molar-refractivity contribution in [2.75, 3.05) is 18.2 Å². The number of hydrogen-bond donors (Lipinski definition) is 1. The van der Waals surface area contributed by atoms with Crippen molar-refractivity contribution in [3.05, 3.63) is 59.5 Å². The van der Waals surface area contributed by atoms with Crippen LogP contribution in [0.2, 0.25) is 0 Å². The Morgan fingerprint density at radius 3 is 2.46 bits per heavy atom. The van der Waals surface area contributed by atoms with Gasteiger partial charge in [-0.15, -0.1) is 23.1 Å². The Balaban J connectivity index is 1.53. The van der Waals surface area contributed by atoms with Crippen molar-refractivity contribution in [3.63, 3.8) is 0 Å². The quantitative estimate of drug-likeness (QED) is 0.410. The predicted octanol–water partition coefficient (Wildman–Crippen LogP) is 5.14. The second-order valence-electron chi connectivity index (χ2n) is 5.90. The van der Waals surface area contributed by atoms with Crippen LogP contribution in [0.4, 0.5) is 5.13 Å². The van der Waals surface area contributed by atoms with E-state index in [1.807, 2.05) is 42.8 Å². The lowest BCUT2D eigenvalue weighted by molar-refractivity contribution is -0.118. The van der Waals surface area contributed by atoms with E-state index in [0.29, 0.717) is 22.9 Å². The number of ether oxygens (including phenoxy) is 1. The van der Waals surface area contributed by atoms with Crippen LogP contribution in [0.25, 0.3) is 11.3 Å². The molecule has 0 aliphatic carbocycles. The van der Waals surface area contributed by atoms with Gasteiger partial charge in [0, 0.05) is 27.8 Å². The Hall–Kier alpha value is -2.64. The number of rotatable bonds is 8. The number of carbonyl (C=O) groups is 2. The fraction of sp³-hybridized carbons (Fsp3) is 0.190. The molecule has 0 saturated carbocycles. The minimum Gasteiger partial charge on any atom is -0.484 e. The summed E-state index contributed by atoms with van der Waals surface area (Å²) >= 11 is 3.06. The minimum atomic E-state index is -0.285. The molecule has 7 heteroatoms. The summed E-state index contributed by atoms with van der Waals surface area (Å²) < 4.78 is 5.48. The maximum Gasteiger partial charge on any atom is 0.264 e. The van der Waals surface area contributed by atoms with E-state index in [0.717, 1.165) is 11.3 Å². The van der Waals surface area contributed by atoms with E-state index in [2.05, 4.69) is 10.3 Å². The maximum absolute atomic E-state index is 12.1. The number of ketones is 1. The summed E-state index contributed by atoms with van der Waals surface area (Å²) in [6.07, 6.45) is 2.49. The molecule has 0 unspecified atom stereocenters. The van der Waals surface area contributed by atoms with Gasteiger partial charge in [0.2, 0.25) is 0 Å². The molecule has 5 nitrogen and oxygen atoms in total. The van der Waals surface area contributed by atoms with Crippen molar-refractivity contribution in [1.29, 1.82) is 0 Å². The van der Waals surface area contributed by atoms with E-state index in [9.17, 15) is 9.59 Å². The molecule has 1 heterocycles. The number of hydrogen-bond acceptors (Lipinski definition) is 6. The molecule has 2 aromatic carbocycles. The molecule has 144 valence electrons. The average Bonchev–Trinajstić information content (AvgIpc) is 3.20. The fourth-order valence-corrected chi connectivity index (χ4v) is 3.62. The molecule has 0 radical (unpaired) electrons. The van der Waals surface area contributed by atoms with Crippen molar-refractivity contribution in [3.8, 4) is 17.0 Å². The number of thiazole rings is 1. The van der Waals surface area contributed by atoms with E-state index in [4.69, 9.17) is 4.74 Å². The van der Waals surface area contributed by atoms with Gasteiger partial charge in [0.25, 0.3) is 5.91 Å². The standard InChI is InChI=1S/C21H20N2O3S2/c1-3-19(24)15-4-8-16(9-5-15)26-12-20(25)23-21-22-18(13-28-21)14-6-10-17(27-2)11-7-14/h4-11,13H,3,12H2,1-2H3,(H,22,23,25). The highest BCUT2D eigenvalue weighted by Gasteiger charge is 2.09. The molecule has 0 atom stereocenters. The van der Waals surface area contributed by atoms with Gasteiger partial charge in [-0.25, -0.2) is 4.98 Å². The lowest BCUT2D eigenvalue weighted by Gasteiger charge is -2.06. The number of aromatic nitrogens is 1. The molecule has 0 spiro atoms. The first kappa shape index (κ1) is 20.1. The number of thioether (sulfide) groups is 1. The van der Waals surface area contributed by atoms with Gasteiger partial charge in [0.05, 0.1) is 5.69 Å². The molecule has 1 aromatic heterocycles. The van der Waals surface area contributed by atoms with Gasteiger partial charge in [-0.1, -0.05) is 19.1 Å². The van der Waals surface area contributed by atoms with Crippen LogP contribution in [-0.2, 0) is 4.79 Å². The van der Waals surface area contributed by atoms with E-state index in [-0.39, 0.29) is 18.3 Å². The Morgan fingerprint density at radius 1 is 1.11 bits per heavy atom. The van der Waals surface area contributed by atoms with E-state index in [1.165, 1.54) is 16.2 Å². The average molecular weight is 413 g/mol. The Kier molecular flexibility index (Phi) is 6.84. The van der Waals surface area contributed by atoms with Crippen LogP contribution < -0.4 is 10.1 Å². The number of Topliss-reactive ketones (excluding diaryl/α,β-unsaturated/α-hetero) is 1. The zero-order chi connectivity index (χ0) is 19.9. The topological polar surface area (TPSA) is 68.3 Å². The lowest BCUT2D eigenvalue weighted by Crippen LogP contribution is -2.20. The lowest BCUT2D eigenvalue weighted by atomic mass is 10.1. The summed E-state index contributed by atoms with van der Waals surface area (Å²) in [5.41, 5.74) is 2.47. The summed E-state index contributed by atoms with van der Waals surface area (Å²) in [7, 11) is 0. The van der Waals surface area contributed by atoms with Gasteiger partial charge in [-0.3, -0.25) is 14.9 Å². The SMILES string of the molecule is CCC(=O)c1ccc(OCC(=O)Nc2nc(-c3ccc(SC)cc3)cs2)cc1. The zero-order valence-corrected chi connectivity index (χ0v) is 17.2. The van der Waals surface area contributed by atoms with E-state index < -0.39 is 0 Å². The van der Waals surface area contributed by atoms with Crippen molar-refractivity contribution >= 4 is 39.9 Å². The molecule has 0 aliphatic heterocycles. The Morgan fingerprint density at radius 2 is 1.82 bits per heavy atom. The van der Waals surface area contributed by atoms with Crippen LogP contribution in [0.5, 0.6) is 5.75 Å². The third-order valence-corrected chi connectivity index (χ3v) is 5.50. The number of anilines is 1. The zero-order valence-electron chi connectivity index (χ0n) is 15.6. The van der Waals surface area contributed by atoms with Crippen molar-refractivity contribution in [2.24, 2.45) is 0 Å². The fourth-order valence-electron chi connectivity index (χ4n) is 2.47. The highest BCUT2D eigenvalue weighted by Crippen LogP contribution is 2.26. The normalized spacial score (nSPS) is 10.5. The van der Waals surface area contributed by atoms with Gasteiger partial charge in [-0.05, 0) is 42.7 Å². The van der Waals surface area contributed by atoms with Gasteiger partial charge in [-0.2, -0.15) is 0 Å². The molecular weight excluding hydrogens is 392 g/mol. The van der Waals surface area contributed by atoms with Crippen LogP contribution in [-0.4, -0.2) is 29.5 Å². The molecular formula is C21H20N2O3S2. The number of benzene rings is 2. The summed E-state index contributed by atoms with van der Waals surface area (Å²) in [5.74, 6) is 0.329. The van der Waals surface area contributed by atoms with Crippen LogP contribution in [0.1, 0.15) is 23.7 Å². The third-order valence-electron chi connectivity index (χ3n) is 4.00. The minimum absolute atomic E-state index is 0.0759. The van der Waals surface area contributed by atoms with E-state index >= 15 is 0 Å². The van der Waals surface area contributed by atoms with Crippen molar-refractivity contribution in [1.82, 2.24) is 4.98 Å². The summed E-state index contributed by atoms with van der Waals surface area (Å²) in [4.78, 5) is 29.4. The van der Waals surface area contributed by atoms with Crippen LogP contribution >= 0.6 is 23.1 Å². The van der Waals surface area contributed by atoms with Gasteiger partial charge < -0.3 is 4.74 Å². The predicted molar refractivity (Wildman–Crippen MR) is 115 cm³/mol. The van der Waals surface area contributed by atoms with Crippen LogP contribution in [0.15, 0.2) is 58.8 Å². The monoisotopic (exact) mass is 412 g/mol. The number of nitrogens with zero attached hydrogens (tertiary/aromatic N) is 1. The number of carbonyl (C=O) groups excluding carboxylic acids is 2. The van der Waals surface area contributed by atoms with E-state index in [1.54, 1.807) is 36.0 Å². The Labute approximate surface area is 172 Å². The van der Waals surface area contributed by atoms with Gasteiger partial charge in [0.1, 0.15) is 5.75 Å². The first-order valence-corrected chi connectivity index (χ1v) is 10.9. The summed E-state index contributed by atoms with van der Waals surface area (Å²) in [6, 6.07) is 14.9. The molecule has 0 fully saturated rings. The van der Waals surface area contributed by atoms with Crippen LogP contribution in [0, 0.1) is 0 Å². The summed E-state index contributed by atoms with van der Waals surface area (Å²) in [5, 5.41) is 5.19. The smallest absolute Gasteiger partial charge is 0.264 e. The second kappa shape index (κ2) is 9.52. The molecule has 28 heavy (non-hydrogen) atoms. The summed E-state index contributed by atoms with van der Waals surface area (Å²) in [6.45, 7) is 1.69. The third kappa shape index (κ3) is 5.21. The molecule has 1 amide bonds. The number of nitrogens with one attached hydrogen (secondary N) is 1. The molecule has 0 saturated heterocycles. The van der Waals surface area contributed by atoms with Crippen LogP contribution in [0.3, 0.4) is 0 Å². The highest BCUT2D eigenvalue weighted by atomic mass is 32.2. The molecule has 3 rings (SSSR count). The number of amides is 1. The molecule has 1 N–H and O–H groups in total. The molecule has 0 aliphatic rings. The van der Waals surface area contributed by atoms with Gasteiger partial charge >= 0.3 is 0 Å². The highest BCUT2D eigenvalue weighted by molar-refractivity contribution is 7.98. The van der Waals surface area contributed by atoms with Crippen molar-refractivity contribution in [2.45, 2.75) is 18.2 Å². The second-order valence-corrected chi connectivity index (χ2v) is 7.64. The Bertz CT molecular complexity index is 951. The first-order valence-electron chi connectivity index (χ1n) is 8.75. The van der Waals surface area contributed by atoms with Gasteiger partial charge in [0.15, 0.2) is 17.5 Å². The molecule has 3 aromatic rings. The maximum atomic E-state index is 12.1. The first-order chi connectivity index (χ1) is 13.6. The van der Waals surface area contributed by atoms with Crippen molar-refractivity contribution < 1.29 is 14.3 Å². The molecule has 0 bridgehead atoms. The largest absolute Gasteiger partial charge is 0.484 e.